The van der Waals surface area contributed by atoms with Gasteiger partial charge >= 0.3 is 0 Å². The number of benzene rings is 1. The highest BCUT2D eigenvalue weighted by atomic mass is 35.5. The van der Waals surface area contributed by atoms with E-state index in [4.69, 9.17) is 27.9 Å². The zero-order chi connectivity index (χ0) is 11.5. The monoisotopic (exact) mass is 247 g/mol. The van der Waals surface area contributed by atoms with Crippen LogP contribution < -0.4 is 10.1 Å². The maximum absolute atomic E-state index is 5.99. The third-order valence-electron chi connectivity index (χ3n) is 2.18. The second-order valence-electron chi connectivity index (χ2n) is 3.97. The Morgan fingerprint density at radius 1 is 1.33 bits per heavy atom. The minimum Gasteiger partial charge on any atom is -0.490 e. The molecular formula is C11H15Cl2NO. The van der Waals surface area contributed by atoms with Gasteiger partial charge in [-0.15, -0.1) is 0 Å². The third-order valence-corrected chi connectivity index (χ3v) is 2.98. The first-order chi connectivity index (χ1) is 6.96. The van der Waals surface area contributed by atoms with E-state index < -0.39 is 0 Å². The zero-order valence-electron chi connectivity index (χ0n) is 9.10. The van der Waals surface area contributed by atoms with Crippen molar-refractivity contribution < 1.29 is 4.74 Å². The average Bonchev–Trinajstić information content (AvgIpc) is 2.20. The van der Waals surface area contributed by atoms with Crippen LogP contribution in [0.15, 0.2) is 18.2 Å². The number of nitrogens with one attached hydrogen (secondary N) is 1. The molecule has 4 heteroatoms. The van der Waals surface area contributed by atoms with Crippen molar-refractivity contribution in [3.05, 3.63) is 28.2 Å². The minimum atomic E-state index is -0.0916. The highest BCUT2D eigenvalue weighted by Gasteiger charge is 2.16. The Morgan fingerprint density at radius 2 is 2.00 bits per heavy atom. The van der Waals surface area contributed by atoms with Crippen LogP contribution in [0.3, 0.4) is 0 Å². The van der Waals surface area contributed by atoms with Gasteiger partial charge in [-0.25, -0.2) is 0 Å². The number of halogens is 2. The lowest BCUT2D eigenvalue weighted by molar-refractivity contribution is 0.217. The quantitative estimate of drug-likeness (QED) is 0.882. The molecule has 0 heterocycles. The molecule has 1 aromatic rings. The van der Waals surface area contributed by atoms with Gasteiger partial charge in [-0.05, 0) is 33.0 Å². The predicted octanol–water partition coefficient (Wildman–Crippen LogP) is 3.37. The molecule has 1 aromatic carbocycles. The van der Waals surface area contributed by atoms with Crippen molar-refractivity contribution in [1.29, 1.82) is 0 Å². The first-order valence-electron chi connectivity index (χ1n) is 4.72. The van der Waals surface area contributed by atoms with Crippen molar-refractivity contribution >= 4 is 23.2 Å². The van der Waals surface area contributed by atoms with Crippen molar-refractivity contribution in [3.8, 4) is 5.75 Å². The Bertz CT molecular complexity index is 339. The van der Waals surface area contributed by atoms with E-state index in [0.29, 0.717) is 22.4 Å². The van der Waals surface area contributed by atoms with Crippen molar-refractivity contribution in [2.75, 3.05) is 13.7 Å². The van der Waals surface area contributed by atoms with Gasteiger partial charge in [-0.1, -0.05) is 29.3 Å². The number of ether oxygens (including phenoxy) is 1. The summed E-state index contributed by atoms with van der Waals surface area (Å²) in [6.07, 6.45) is 0. The molecule has 0 bridgehead atoms. The van der Waals surface area contributed by atoms with E-state index in [1.165, 1.54) is 0 Å². The SMILES string of the molecule is CNC(C)(C)COc1cccc(Cl)c1Cl. The summed E-state index contributed by atoms with van der Waals surface area (Å²) < 4.78 is 5.59. The van der Waals surface area contributed by atoms with Gasteiger partial charge in [0.05, 0.1) is 5.02 Å². The average molecular weight is 248 g/mol. The fraction of sp³-hybridized carbons (Fsp3) is 0.455. The summed E-state index contributed by atoms with van der Waals surface area (Å²) in [4.78, 5) is 0. The van der Waals surface area contributed by atoms with Crippen LogP contribution in [-0.4, -0.2) is 19.2 Å². The lowest BCUT2D eigenvalue weighted by Gasteiger charge is -2.24. The van der Waals surface area contributed by atoms with E-state index in [1.807, 2.05) is 27.0 Å². The summed E-state index contributed by atoms with van der Waals surface area (Å²) in [6.45, 7) is 4.63. The van der Waals surface area contributed by atoms with Crippen LogP contribution in [0, 0.1) is 0 Å². The first kappa shape index (κ1) is 12.6. The molecular weight excluding hydrogens is 233 g/mol. The molecule has 0 amide bonds. The predicted molar refractivity (Wildman–Crippen MR) is 65.1 cm³/mol. The van der Waals surface area contributed by atoms with Gasteiger partial charge in [0, 0.05) is 5.54 Å². The van der Waals surface area contributed by atoms with Crippen LogP contribution in [-0.2, 0) is 0 Å². The largest absolute Gasteiger partial charge is 0.490 e. The molecule has 0 aliphatic heterocycles. The van der Waals surface area contributed by atoms with Crippen LogP contribution in [0.1, 0.15) is 13.8 Å². The zero-order valence-corrected chi connectivity index (χ0v) is 10.6. The fourth-order valence-corrected chi connectivity index (χ4v) is 1.27. The second kappa shape index (κ2) is 5.06. The summed E-state index contributed by atoms with van der Waals surface area (Å²) in [5.41, 5.74) is -0.0916. The molecule has 1 rings (SSSR count). The molecule has 0 aromatic heterocycles. The van der Waals surface area contributed by atoms with Gasteiger partial charge in [0.25, 0.3) is 0 Å². The lowest BCUT2D eigenvalue weighted by Crippen LogP contribution is -2.42. The Balaban J connectivity index is 2.70. The number of rotatable bonds is 4. The van der Waals surface area contributed by atoms with Crippen LogP contribution >= 0.6 is 23.2 Å². The van der Waals surface area contributed by atoms with Crippen LogP contribution in [0.25, 0.3) is 0 Å². The number of hydrogen-bond donors (Lipinski definition) is 1. The Kier molecular flexibility index (Phi) is 4.26. The van der Waals surface area contributed by atoms with Gasteiger partial charge in [0.15, 0.2) is 0 Å². The van der Waals surface area contributed by atoms with Crippen LogP contribution in [0.4, 0.5) is 0 Å². The Morgan fingerprint density at radius 3 is 2.60 bits per heavy atom. The maximum Gasteiger partial charge on any atom is 0.139 e. The summed E-state index contributed by atoms with van der Waals surface area (Å²) in [5, 5.41) is 4.12. The molecule has 0 radical (unpaired) electrons. The number of likely N-dealkylation sites (N-methyl/N-ethyl adjacent to an activating group) is 1. The van der Waals surface area contributed by atoms with Gasteiger partial charge in [0.2, 0.25) is 0 Å². The Labute approximate surface area is 101 Å². The smallest absolute Gasteiger partial charge is 0.139 e. The van der Waals surface area contributed by atoms with Crippen molar-refractivity contribution in [2.24, 2.45) is 0 Å². The number of hydrogen-bond acceptors (Lipinski definition) is 2. The molecule has 0 spiro atoms. The molecule has 0 aliphatic rings. The highest BCUT2D eigenvalue weighted by Crippen LogP contribution is 2.31. The molecule has 0 unspecified atom stereocenters. The molecule has 0 saturated carbocycles. The molecule has 15 heavy (non-hydrogen) atoms. The normalized spacial score (nSPS) is 11.5. The second-order valence-corrected chi connectivity index (χ2v) is 4.76. The van der Waals surface area contributed by atoms with E-state index in [-0.39, 0.29) is 5.54 Å². The molecule has 0 saturated heterocycles. The van der Waals surface area contributed by atoms with E-state index in [0.717, 1.165) is 0 Å². The van der Waals surface area contributed by atoms with Gasteiger partial charge in [-0.3, -0.25) is 0 Å². The Hall–Kier alpha value is -0.440. The standard InChI is InChI=1S/C11H15Cl2NO/c1-11(2,14-3)7-15-9-6-4-5-8(12)10(9)13/h4-6,14H,7H2,1-3H3. The summed E-state index contributed by atoms with van der Waals surface area (Å²) in [6, 6.07) is 5.36. The van der Waals surface area contributed by atoms with E-state index in [1.54, 1.807) is 12.1 Å². The van der Waals surface area contributed by atoms with Crippen molar-refractivity contribution in [3.63, 3.8) is 0 Å². The molecule has 0 aliphatic carbocycles. The highest BCUT2D eigenvalue weighted by molar-refractivity contribution is 6.42. The van der Waals surface area contributed by atoms with E-state index in [9.17, 15) is 0 Å². The van der Waals surface area contributed by atoms with Gasteiger partial charge < -0.3 is 10.1 Å². The molecule has 84 valence electrons. The molecule has 2 nitrogen and oxygen atoms in total. The fourth-order valence-electron chi connectivity index (χ4n) is 0.926. The lowest BCUT2D eigenvalue weighted by atomic mass is 10.1. The molecule has 1 N–H and O–H groups in total. The third kappa shape index (κ3) is 3.56. The van der Waals surface area contributed by atoms with Crippen molar-refractivity contribution in [1.82, 2.24) is 5.32 Å². The molecule has 0 atom stereocenters. The maximum atomic E-state index is 5.99. The minimum absolute atomic E-state index is 0.0916. The molecule has 0 fully saturated rings. The topological polar surface area (TPSA) is 21.3 Å². The van der Waals surface area contributed by atoms with E-state index in [2.05, 4.69) is 5.32 Å². The summed E-state index contributed by atoms with van der Waals surface area (Å²) >= 11 is 11.9. The summed E-state index contributed by atoms with van der Waals surface area (Å²) in [5.74, 6) is 0.618. The van der Waals surface area contributed by atoms with Gasteiger partial charge in [0.1, 0.15) is 17.4 Å². The first-order valence-corrected chi connectivity index (χ1v) is 5.47. The van der Waals surface area contributed by atoms with Crippen LogP contribution in [0.5, 0.6) is 5.75 Å². The van der Waals surface area contributed by atoms with E-state index >= 15 is 0 Å². The van der Waals surface area contributed by atoms with Crippen molar-refractivity contribution in [2.45, 2.75) is 19.4 Å². The summed E-state index contributed by atoms with van der Waals surface area (Å²) in [7, 11) is 1.89. The van der Waals surface area contributed by atoms with Crippen LogP contribution in [0.2, 0.25) is 10.0 Å². The van der Waals surface area contributed by atoms with Gasteiger partial charge in [-0.2, -0.15) is 0 Å².